The number of nitrogens with zero attached hydrogens (tertiary/aromatic N) is 4. The highest BCUT2D eigenvalue weighted by atomic mass is 32.1. The summed E-state index contributed by atoms with van der Waals surface area (Å²) in [4.78, 5) is 16.1. The van der Waals surface area contributed by atoms with Crippen molar-refractivity contribution in [3.8, 4) is 51.0 Å². The lowest BCUT2D eigenvalue weighted by atomic mass is 10.0. The van der Waals surface area contributed by atoms with Crippen LogP contribution in [-0.4, -0.2) is 19.5 Å². The molecule has 0 bridgehead atoms. The molecule has 0 N–H and O–H groups in total. The molecule has 58 heavy (non-hydrogen) atoms. The Hall–Kier alpha value is -7.47. The van der Waals surface area contributed by atoms with E-state index in [1.165, 1.54) is 41.7 Å². The Morgan fingerprint density at radius 3 is 1.83 bits per heavy atom. The topological polar surface area (TPSA) is 43.6 Å². The predicted octanol–water partition coefficient (Wildman–Crippen LogP) is 14.3. The first-order valence-electron chi connectivity index (χ1n) is 19.5. The molecule has 0 aliphatic rings. The first-order valence-corrected chi connectivity index (χ1v) is 20.3. The van der Waals surface area contributed by atoms with Crippen LogP contribution in [0.15, 0.2) is 194 Å². The molecule has 0 radical (unpaired) electrons. The maximum atomic E-state index is 5.41. The Kier molecular flexibility index (Phi) is 7.37. The molecule has 0 atom stereocenters. The third-order valence-corrected chi connectivity index (χ3v) is 12.6. The average Bonchev–Trinajstić information content (AvgIpc) is 3.83. The molecule has 5 heteroatoms. The van der Waals surface area contributed by atoms with E-state index >= 15 is 0 Å². The highest BCUT2D eigenvalue weighted by Crippen LogP contribution is 2.41. The van der Waals surface area contributed by atoms with Gasteiger partial charge < -0.3 is 4.57 Å². The summed E-state index contributed by atoms with van der Waals surface area (Å²) in [5, 5.41) is 9.53. The molecule has 0 saturated carbocycles. The largest absolute Gasteiger partial charge is 0.309 e. The van der Waals surface area contributed by atoms with Gasteiger partial charge in [-0.2, -0.15) is 0 Å². The van der Waals surface area contributed by atoms with Crippen LogP contribution in [0.25, 0.3) is 115 Å². The zero-order chi connectivity index (χ0) is 38.2. The summed E-state index contributed by atoms with van der Waals surface area (Å²) in [7, 11) is 0. The van der Waals surface area contributed by atoms with Crippen molar-refractivity contribution in [2.45, 2.75) is 0 Å². The maximum absolute atomic E-state index is 5.41. The molecule has 0 fully saturated rings. The van der Waals surface area contributed by atoms with Gasteiger partial charge in [0.15, 0.2) is 17.5 Å². The maximum Gasteiger partial charge on any atom is 0.165 e. The van der Waals surface area contributed by atoms with Gasteiger partial charge in [0, 0.05) is 53.3 Å². The van der Waals surface area contributed by atoms with Crippen molar-refractivity contribution < 1.29 is 0 Å². The Morgan fingerprint density at radius 2 is 0.966 bits per heavy atom. The van der Waals surface area contributed by atoms with Gasteiger partial charge in [-0.15, -0.1) is 11.3 Å². The number of para-hydroxylation sites is 1. The number of rotatable bonds is 5. The van der Waals surface area contributed by atoms with Gasteiger partial charge in [0.2, 0.25) is 0 Å². The Balaban J connectivity index is 1.14. The predicted molar refractivity (Wildman–Crippen MR) is 244 cm³/mol. The van der Waals surface area contributed by atoms with Gasteiger partial charge >= 0.3 is 0 Å². The van der Waals surface area contributed by atoms with Crippen LogP contribution in [0.2, 0.25) is 0 Å². The summed E-state index contributed by atoms with van der Waals surface area (Å²) in [6, 6.07) is 69.2. The summed E-state index contributed by atoms with van der Waals surface area (Å²) in [6.07, 6.45) is 0. The minimum atomic E-state index is 0.632. The second kappa shape index (κ2) is 13.1. The Labute approximate surface area is 338 Å². The summed E-state index contributed by atoms with van der Waals surface area (Å²) in [5.74, 6) is 1.92. The number of aromatic nitrogens is 4. The fourth-order valence-corrected chi connectivity index (χ4v) is 9.89. The number of hydrogen-bond donors (Lipinski definition) is 0. The number of benzene rings is 9. The summed E-state index contributed by atoms with van der Waals surface area (Å²) >= 11 is 1.79. The molecule has 12 rings (SSSR count). The molecule has 3 heterocycles. The van der Waals surface area contributed by atoms with E-state index in [1.807, 2.05) is 6.07 Å². The quantitative estimate of drug-likeness (QED) is 0.176. The number of thiophene rings is 1. The van der Waals surface area contributed by atoms with Gasteiger partial charge in [0.05, 0.1) is 11.0 Å². The second-order valence-corrected chi connectivity index (χ2v) is 15.9. The molecule has 0 aliphatic carbocycles. The van der Waals surface area contributed by atoms with Crippen LogP contribution in [-0.2, 0) is 0 Å². The lowest BCUT2D eigenvalue weighted by molar-refractivity contribution is 1.08. The lowest BCUT2D eigenvalue weighted by Gasteiger charge is -2.15. The van der Waals surface area contributed by atoms with E-state index in [4.69, 9.17) is 15.0 Å². The summed E-state index contributed by atoms with van der Waals surface area (Å²) in [6.45, 7) is 0. The van der Waals surface area contributed by atoms with E-state index in [2.05, 4.69) is 193 Å². The Morgan fingerprint density at radius 1 is 0.345 bits per heavy atom. The second-order valence-electron chi connectivity index (χ2n) is 14.8. The van der Waals surface area contributed by atoms with E-state index in [1.54, 1.807) is 11.3 Å². The monoisotopic (exact) mass is 756 g/mol. The van der Waals surface area contributed by atoms with E-state index in [0.29, 0.717) is 17.5 Å². The molecule has 0 saturated heterocycles. The fraction of sp³-hybridized carbons (Fsp3) is 0. The van der Waals surface area contributed by atoms with E-state index in [0.717, 1.165) is 55.3 Å². The van der Waals surface area contributed by atoms with Crippen LogP contribution < -0.4 is 0 Å². The molecule has 4 nitrogen and oxygen atoms in total. The normalized spacial score (nSPS) is 11.8. The van der Waals surface area contributed by atoms with Crippen LogP contribution in [0.3, 0.4) is 0 Å². The van der Waals surface area contributed by atoms with Crippen molar-refractivity contribution in [2.24, 2.45) is 0 Å². The number of hydrogen-bond acceptors (Lipinski definition) is 4. The minimum absolute atomic E-state index is 0.632. The van der Waals surface area contributed by atoms with Crippen molar-refractivity contribution in [3.63, 3.8) is 0 Å². The van der Waals surface area contributed by atoms with Crippen LogP contribution in [0.1, 0.15) is 0 Å². The SMILES string of the molecule is c1ccc(-c2cccc(-c3nc(-c4cc(-n5c6ccccc6c6cc7ccccc7cc65)cc5ccccc45)nc(-c4cccc5c4sc4ccccc45)n3)c2)cc1. The molecule has 9 aromatic carbocycles. The summed E-state index contributed by atoms with van der Waals surface area (Å²) in [5.41, 5.74) is 8.50. The third-order valence-electron chi connectivity index (χ3n) is 11.4. The molecule has 0 aliphatic heterocycles. The standard InChI is InChI=1S/C53H32N4S/c1-2-14-33(15-3-1)34-19-12-20-38(28-34)51-54-52(44-25-13-24-43-42-23-9-11-27-49(42)58-50(43)44)56-53(55-51)46-32-39(29-37-18-6-7-21-40(37)46)57-47-26-10-8-22-41(47)45-30-35-16-4-5-17-36(35)31-48(45)57/h1-32H. The first-order chi connectivity index (χ1) is 28.7. The molecular weight excluding hydrogens is 725 g/mol. The van der Waals surface area contributed by atoms with Gasteiger partial charge in [-0.05, 0) is 81.2 Å². The molecule has 270 valence electrons. The average molecular weight is 757 g/mol. The van der Waals surface area contributed by atoms with Crippen molar-refractivity contribution in [1.29, 1.82) is 0 Å². The van der Waals surface area contributed by atoms with Gasteiger partial charge in [0.25, 0.3) is 0 Å². The van der Waals surface area contributed by atoms with Crippen LogP contribution in [0.4, 0.5) is 0 Å². The minimum Gasteiger partial charge on any atom is -0.309 e. The Bertz CT molecular complexity index is 3580. The molecule has 0 spiro atoms. The summed E-state index contributed by atoms with van der Waals surface area (Å²) < 4.78 is 4.81. The zero-order valence-corrected chi connectivity index (χ0v) is 32.0. The highest BCUT2D eigenvalue weighted by molar-refractivity contribution is 7.26. The molecular formula is C53H32N4S. The van der Waals surface area contributed by atoms with Crippen molar-refractivity contribution in [1.82, 2.24) is 19.5 Å². The van der Waals surface area contributed by atoms with Crippen LogP contribution in [0.5, 0.6) is 0 Å². The number of fused-ring (bicyclic) bond motifs is 8. The fourth-order valence-electron chi connectivity index (χ4n) is 8.68. The zero-order valence-electron chi connectivity index (χ0n) is 31.2. The van der Waals surface area contributed by atoms with Gasteiger partial charge in [-0.1, -0.05) is 146 Å². The highest BCUT2D eigenvalue weighted by Gasteiger charge is 2.20. The first kappa shape index (κ1) is 32.7. The van der Waals surface area contributed by atoms with Gasteiger partial charge in [-0.3, -0.25) is 0 Å². The van der Waals surface area contributed by atoms with E-state index in [-0.39, 0.29) is 0 Å². The molecule has 0 unspecified atom stereocenters. The van der Waals surface area contributed by atoms with Crippen molar-refractivity contribution >= 4 is 74.9 Å². The van der Waals surface area contributed by atoms with Crippen LogP contribution >= 0.6 is 11.3 Å². The van der Waals surface area contributed by atoms with Gasteiger partial charge in [-0.25, -0.2) is 15.0 Å². The van der Waals surface area contributed by atoms with Crippen molar-refractivity contribution in [3.05, 3.63) is 194 Å². The van der Waals surface area contributed by atoms with E-state index < -0.39 is 0 Å². The molecule has 3 aromatic heterocycles. The van der Waals surface area contributed by atoms with Gasteiger partial charge in [0.1, 0.15) is 0 Å². The molecule has 0 amide bonds. The van der Waals surface area contributed by atoms with Crippen molar-refractivity contribution in [2.75, 3.05) is 0 Å². The molecule has 12 aromatic rings. The smallest absolute Gasteiger partial charge is 0.165 e. The van der Waals surface area contributed by atoms with Crippen LogP contribution in [0, 0.1) is 0 Å². The lowest BCUT2D eigenvalue weighted by Crippen LogP contribution is -2.02. The van der Waals surface area contributed by atoms with E-state index in [9.17, 15) is 0 Å². The third kappa shape index (κ3) is 5.25.